The molecule has 0 saturated heterocycles. The van der Waals surface area contributed by atoms with Crippen molar-refractivity contribution in [2.75, 3.05) is 5.32 Å². The van der Waals surface area contributed by atoms with Gasteiger partial charge in [0, 0.05) is 10.3 Å². The minimum atomic E-state index is -0.284. The van der Waals surface area contributed by atoms with Gasteiger partial charge in [-0.1, -0.05) is 28.8 Å². The van der Waals surface area contributed by atoms with E-state index in [1.165, 1.54) is 11.3 Å². The zero-order valence-electron chi connectivity index (χ0n) is 11.0. The number of nitrogens with zero attached hydrogens (tertiary/aromatic N) is 2. The Bertz CT molecular complexity index is 797. The first-order valence-corrected chi connectivity index (χ1v) is 7.34. The molecule has 0 aliphatic rings. The Labute approximate surface area is 129 Å². The van der Waals surface area contributed by atoms with Gasteiger partial charge < -0.3 is 4.42 Å². The lowest BCUT2D eigenvalue weighted by molar-refractivity contribution is 0.102. The van der Waals surface area contributed by atoms with E-state index in [1.54, 1.807) is 23.6 Å². The number of carbonyl (C=O) groups excluding carboxylic acids is 1. The molecule has 0 fully saturated rings. The lowest BCUT2D eigenvalue weighted by atomic mass is 10.2. The molecule has 0 atom stereocenters. The van der Waals surface area contributed by atoms with Crippen LogP contribution in [0.2, 0.25) is 5.02 Å². The first-order valence-electron chi connectivity index (χ1n) is 6.08. The van der Waals surface area contributed by atoms with Gasteiger partial charge in [-0.15, -0.1) is 16.4 Å². The van der Waals surface area contributed by atoms with Crippen molar-refractivity contribution in [3.05, 3.63) is 51.2 Å². The minimum Gasteiger partial charge on any atom is -0.403 e. The third-order valence-corrected chi connectivity index (χ3v) is 3.93. The second-order valence-electron chi connectivity index (χ2n) is 4.29. The van der Waals surface area contributed by atoms with Crippen molar-refractivity contribution in [3.8, 4) is 11.5 Å². The van der Waals surface area contributed by atoms with E-state index in [2.05, 4.69) is 15.5 Å². The highest BCUT2D eigenvalue weighted by atomic mass is 35.5. The number of rotatable bonds is 3. The van der Waals surface area contributed by atoms with Crippen LogP contribution in [0, 0.1) is 6.92 Å². The van der Waals surface area contributed by atoms with Crippen molar-refractivity contribution in [1.82, 2.24) is 10.2 Å². The first-order chi connectivity index (χ1) is 10.1. The second-order valence-corrected chi connectivity index (χ2v) is 5.81. The van der Waals surface area contributed by atoms with E-state index in [1.807, 2.05) is 19.1 Å². The summed E-state index contributed by atoms with van der Waals surface area (Å²) < 4.78 is 5.41. The van der Waals surface area contributed by atoms with Gasteiger partial charge >= 0.3 is 6.01 Å². The number of aryl methyl sites for hydroxylation is 1. The Morgan fingerprint density at radius 3 is 2.86 bits per heavy atom. The summed E-state index contributed by atoms with van der Waals surface area (Å²) in [6.45, 7) is 1.93. The maximum Gasteiger partial charge on any atom is 0.322 e. The van der Waals surface area contributed by atoms with Gasteiger partial charge in [0.25, 0.3) is 11.8 Å². The Hall–Kier alpha value is -2.18. The fourth-order valence-electron chi connectivity index (χ4n) is 1.75. The fraction of sp³-hybridized carbons (Fsp3) is 0.0714. The van der Waals surface area contributed by atoms with Gasteiger partial charge in [-0.3, -0.25) is 10.1 Å². The summed E-state index contributed by atoms with van der Waals surface area (Å²) in [5.74, 6) is -0.0221. The van der Waals surface area contributed by atoms with E-state index in [9.17, 15) is 4.79 Å². The molecule has 5 nitrogen and oxygen atoms in total. The van der Waals surface area contributed by atoms with Crippen LogP contribution < -0.4 is 5.32 Å². The molecule has 3 rings (SSSR count). The van der Waals surface area contributed by atoms with Crippen molar-refractivity contribution >= 4 is 34.9 Å². The van der Waals surface area contributed by atoms with Gasteiger partial charge in [0.2, 0.25) is 0 Å². The van der Waals surface area contributed by atoms with Gasteiger partial charge in [-0.05, 0) is 25.1 Å². The van der Waals surface area contributed by atoms with Crippen LogP contribution in [0.25, 0.3) is 11.5 Å². The summed E-state index contributed by atoms with van der Waals surface area (Å²) >= 11 is 7.56. The zero-order chi connectivity index (χ0) is 14.8. The highest BCUT2D eigenvalue weighted by Crippen LogP contribution is 2.27. The monoisotopic (exact) mass is 319 g/mol. The number of aromatic nitrogens is 2. The maximum atomic E-state index is 12.0. The van der Waals surface area contributed by atoms with Crippen LogP contribution in [-0.2, 0) is 0 Å². The molecular weight excluding hydrogens is 310 g/mol. The molecule has 2 heterocycles. The summed E-state index contributed by atoms with van der Waals surface area (Å²) in [4.78, 5) is 13.0. The van der Waals surface area contributed by atoms with Crippen molar-refractivity contribution < 1.29 is 9.21 Å². The van der Waals surface area contributed by atoms with Crippen molar-refractivity contribution in [2.24, 2.45) is 0 Å². The largest absolute Gasteiger partial charge is 0.403 e. The normalized spacial score (nSPS) is 10.6. The van der Waals surface area contributed by atoms with E-state index >= 15 is 0 Å². The lowest BCUT2D eigenvalue weighted by Gasteiger charge is -1.98. The molecule has 7 heteroatoms. The minimum absolute atomic E-state index is 0.0405. The number of carbonyl (C=O) groups is 1. The molecule has 0 saturated carbocycles. The van der Waals surface area contributed by atoms with Gasteiger partial charge in [-0.2, -0.15) is 0 Å². The Morgan fingerprint density at radius 2 is 2.14 bits per heavy atom. The van der Waals surface area contributed by atoms with Crippen LogP contribution in [0.4, 0.5) is 6.01 Å². The van der Waals surface area contributed by atoms with E-state index in [4.69, 9.17) is 16.0 Å². The number of thiophene rings is 1. The van der Waals surface area contributed by atoms with Gasteiger partial charge in [0.05, 0.1) is 16.1 Å². The van der Waals surface area contributed by atoms with Gasteiger partial charge in [0.1, 0.15) is 0 Å². The summed E-state index contributed by atoms with van der Waals surface area (Å²) in [6.07, 6.45) is 0. The van der Waals surface area contributed by atoms with Crippen LogP contribution in [0.1, 0.15) is 15.2 Å². The van der Waals surface area contributed by atoms with E-state index in [-0.39, 0.29) is 17.8 Å². The predicted octanol–water partition coefficient (Wildman–Crippen LogP) is 4.01. The highest BCUT2D eigenvalue weighted by Gasteiger charge is 2.14. The van der Waals surface area contributed by atoms with Crippen molar-refractivity contribution in [1.29, 1.82) is 0 Å². The first kappa shape index (κ1) is 13.8. The second kappa shape index (κ2) is 5.67. The van der Waals surface area contributed by atoms with Crippen molar-refractivity contribution in [3.63, 3.8) is 0 Å². The third kappa shape index (κ3) is 2.96. The molecule has 1 N–H and O–H groups in total. The molecule has 106 valence electrons. The molecule has 0 radical (unpaired) electrons. The van der Waals surface area contributed by atoms with Crippen molar-refractivity contribution in [2.45, 2.75) is 6.92 Å². The Morgan fingerprint density at radius 1 is 1.33 bits per heavy atom. The number of benzene rings is 1. The molecule has 21 heavy (non-hydrogen) atoms. The average molecular weight is 320 g/mol. The number of hydrogen-bond donors (Lipinski definition) is 1. The standard InChI is InChI=1S/C14H10ClN3O2S/c1-8-6-9(7-21-8)12(19)16-14-18-17-13(20-14)10-4-2-3-5-11(10)15/h2-7H,1H3,(H,16,18,19). The highest BCUT2D eigenvalue weighted by molar-refractivity contribution is 7.10. The summed E-state index contributed by atoms with van der Waals surface area (Å²) in [5, 5.41) is 12.5. The van der Waals surface area contributed by atoms with E-state index in [0.29, 0.717) is 16.1 Å². The predicted molar refractivity (Wildman–Crippen MR) is 81.8 cm³/mol. The number of nitrogens with one attached hydrogen (secondary N) is 1. The summed E-state index contributed by atoms with van der Waals surface area (Å²) in [5.41, 5.74) is 1.19. The SMILES string of the molecule is Cc1cc(C(=O)Nc2nnc(-c3ccccc3Cl)o2)cs1. The molecule has 0 unspecified atom stereocenters. The molecule has 0 spiro atoms. The number of halogens is 1. The number of amides is 1. The molecule has 0 bridgehead atoms. The molecule has 0 aliphatic heterocycles. The quantitative estimate of drug-likeness (QED) is 0.792. The maximum absolute atomic E-state index is 12.0. The van der Waals surface area contributed by atoms with Crippen LogP contribution in [0.5, 0.6) is 0 Å². The van der Waals surface area contributed by atoms with Gasteiger partial charge in [0.15, 0.2) is 0 Å². The zero-order valence-corrected chi connectivity index (χ0v) is 12.5. The van der Waals surface area contributed by atoms with E-state index < -0.39 is 0 Å². The van der Waals surface area contributed by atoms with Crippen LogP contribution in [0.3, 0.4) is 0 Å². The van der Waals surface area contributed by atoms with Crippen LogP contribution in [0.15, 0.2) is 40.1 Å². The Kier molecular flexibility index (Phi) is 3.72. The lowest BCUT2D eigenvalue weighted by Crippen LogP contribution is -2.10. The molecule has 1 aromatic carbocycles. The topological polar surface area (TPSA) is 68.0 Å². The average Bonchev–Trinajstić information content (AvgIpc) is 3.08. The van der Waals surface area contributed by atoms with E-state index in [0.717, 1.165) is 4.88 Å². The number of anilines is 1. The summed E-state index contributed by atoms with van der Waals surface area (Å²) in [7, 11) is 0. The smallest absolute Gasteiger partial charge is 0.322 e. The Balaban J connectivity index is 1.80. The van der Waals surface area contributed by atoms with Gasteiger partial charge in [-0.25, -0.2) is 0 Å². The molecule has 1 amide bonds. The third-order valence-electron chi connectivity index (χ3n) is 2.74. The summed E-state index contributed by atoms with van der Waals surface area (Å²) in [6, 6.07) is 8.96. The molecule has 3 aromatic rings. The molecule has 2 aromatic heterocycles. The van der Waals surface area contributed by atoms with Crippen LogP contribution >= 0.6 is 22.9 Å². The molecular formula is C14H10ClN3O2S. The fourth-order valence-corrected chi connectivity index (χ4v) is 2.65. The number of hydrogen-bond acceptors (Lipinski definition) is 5. The van der Waals surface area contributed by atoms with Crippen LogP contribution in [-0.4, -0.2) is 16.1 Å². The molecule has 0 aliphatic carbocycles.